The molecule has 0 saturated heterocycles. The highest BCUT2D eigenvalue weighted by Crippen LogP contribution is 2.16. The molecule has 0 radical (unpaired) electrons. The van der Waals surface area contributed by atoms with Gasteiger partial charge in [-0.05, 0) is 12.2 Å². The Morgan fingerprint density at radius 1 is 1.64 bits per heavy atom. The fraction of sp³-hybridized carbons (Fsp3) is 0.375. The Bertz CT molecular complexity index is 433. The van der Waals surface area contributed by atoms with Gasteiger partial charge in [-0.3, -0.25) is 9.48 Å². The minimum absolute atomic E-state index is 0.0328. The van der Waals surface area contributed by atoms with Gasteiger partial charge in [-0.25, -0.2) is 0 Å². The largest absolute Gasteiger partial charge is 0.339 e. The van der Waals surface area contributed by atoms with Crippen molar-refractivity contribution in [3.63, 3.8) is 0 Å². The van der Waals surface area contributed by atoms with Crippen molar-refractivity contribution in [2.45, 2.75) is 6.54 Å². The molecule has 2 rings (SSSR count). The minimum Gasteiger partial charge on any atom is -0.339 e. The van der Waals surface area contributed by atoms with Crippen molar-refractivity contribution in [1.82, 2.24) is 14.7 Å². The smallest absolute Gasteiger partial charge is 0.272 e. The normalized spacial score (nSPS) is 14.9. The number of nitrogens with zero attached hydrogens (tertiary/aromatic N) is 4. The summed E-state index contributed by atoms with van der Waals surface area (Å²) in [6.45, 7) is 1.37. The van der Waals surface area contributed by atoms with Crippen LogP contribution in [0.1, 0.15) is 10.5 Å². The molecule has 0 aliphatic carbocycles. The molecule has 5 nitrogen and oxygen atoms in total. The first-order valence-electron chi connectivity index (χ1n) is 4.13. The number of rotatable bonds is 1. The maximum absolute atomic E-state index is 11.6. The van der Waals surface area contributed by atoms with Crippen LogP contribution in [0.4, 0.5) is 5.82 Å². The van der Waals surface area contributed by atoms with Crippen molar-refractivity contribution in [3.8, 4) is 0 Å². The third-order valence-corrected chi connectivity index (χ3v) is 2.23. The number of aliphatic imine (C=N–C) groups is 1. The number of fused-ring (bicyclic) bond motifs is 1. The second kappa shape index (κ2) is 3.32. The molecule has 1 aromatic rings. The van der Waals surface area contributed by atoms with Crippen LogP contribution < -0.4 is 0 Å². The Morgan fingerprint density at radius 3 is 3.14 bits per heavy atom. The number of amides is 1. The van der Waals surface area contributed by atoms with Crippen LogP contribution in [-0.2, 0) is 6.54 Å². The molecular weight excluding hydrogens is 200 g/mol. The van der Waals surface area contributed by atoms with Gasteiger partial charge in [-0.15, -0.1) is 0 Å². The predicted molar refractivity (Wildman–Crippen MR) is 53.9 cm³/mol. The molecule has 0 saturated carbocycles. The minimum atomic E-state index is -0.0328. The summed E-state index contributed by atoms with van der Waals surface area (Å²) in [5.41, 5.74) is 0.558. The number of hydrogen-bond donors (Lipinski definition) is 0. The van der Waals surface area contributed by atoms with Crippen LogP contribution in [0.3, 0.4) is 0 Å². The van der Waals surface area contributed by atoms with E-state index in [1.54, 1.807) is 22.7 Å². The van der Waals surface area contributed by atoms with Crippen LogP contribution in [0.25, 0.3) is 0 Å². The van der Waals surface area contributed by atoms with E-state index in [0.717, 1.165) is 0 Å². The second-order valence-corrected chi connectivity index (χ2v) is 3.22. The van der Waals surface area contributed by atoms with Crippen molar-refractivity contribution >= 4 is 29.1 Å². The highest BCUT2D eigenvalue weighted by atomic mass is 32.1. The quantitative estimate of drug-likeness (QED) is 0.504. The van der Waals surface area contributed by atoms with Crippen LogP contribution in [0.15, 0.2) is 11.1 Å². The van der Waals surface area contributed by atoms with Gasteiger partial charge in [0, 0.05) is 19.7 Å². The Kier molecular flexibility index (Phi) is 2.15. The molecule has 1 amide bonds. The average Bonchev–Trinajstić information content (AvgIpc) is 2.56. The zero-order chi connectivity index (χ0) is 10.1. The molecule has 72 valence electrons. The SMILES string of the molecule is CN1CCn2nc(N=C=S)cc2C1=O. The lowest BCUT2D eigenvalue weighted by Gasteiger charge is -2.22. The van der Waals surface area contributed by atoms with E-state index in [-0.39, 0.29) is 5.91 Å². The number of hydrogen-bond acceptors (Lipinski definition) is 4. The van der Waals surface area contributed by atoms with Crippen molar-refractivity contribution in [3.05, 3.63) is 11.8 Å². The van der Waals surface area contributed by atoms with Crippen LogP contribution in [0.2, 0.25) is 0 Å². The Labute approximate surface area is 86.0 Å². The van der Waals surface area contributed by atoms with Gasteiger partial charge in [0.1, 0.15) is 5.69 Å². The average molecular weight is 208 g/mol. The van der Waals surface area contributed by atoms with E-state index in [4.69, 9.17) is 0 Å². The van der Waals surface area contributed by atoms with Crippen molar-refractivity contribution in [1.29, 1.82) is 0 Å². The van der Waals surface area contributed by atoms with Crippen molar-refractivity contribution in [2.24, 2.45) is 4.99 Å². The molecule has 14 heavy (non-hydrogen) atoms. The molecule has 0 fully saturated rings. The van der Waals surface area contributed by atoms with Gasteiger partial charge < -0.3 is 4.90 Å². The van der Waals surface area contributed by atoms with E-state index in [1.807, 2.05) is 0 Å². The zero-order valence-corrected chi connectivity index (χ0v) is 8.41. The molecule has 1 aromatic heterocycles. The Morgan fingerprint density at radius 2 is 2.43 bits per heavy atom. The molecule has 0 N–H and O–H groups in total. The summed E-state index contributed by atoms with van der Waals surface area (Å²) in [7, 11) is 1.76. The fourth-order valence-corrected chi connectivity index (χ4v) is 1.48. The number of aromatic nitrogens is 2. The third-order valence-electron chi connectivity index (χ3n) is 2.14. The highest BCUT2D eigenvalue weighted by Gasteiger charge is 2.23. The number of thiocarbonyl (C=S) groups is 1. The summed E-state index contributed by atoms with van der Waals surface area (Å²) in [6.07, 6.45) is 0. The van der Waals surface area contributed by atoms with Crippen molar-refractivity contribution in [2.75, 3.05) is 13.6 Å². The molecule has 2 heterocycles. The first kappa shape index (κ1) is 9.05. The highest BCUT2D eigenvalue weighted by molar-refractivity contribution is 7.78. The van der Waals surface area contributed by atoms with Gasteiger partial charge in [0.15, 0.2) is 5.82 Å². The summed E-state index contributed by atoms with van der Waals surface area (Å²) in [6, 6.07) is 1.62. The molecule has 0 spiro atoms. The topological polar surface area (TPSA) is 50.5 Å². The van der Waals surface area contributed by atoms with Gasteiger partial charge in [-0.1, -0.05) is 0 Å². The zero-order valence-electron chi connectivity index (χ0n) is 7.60. The molecule has 1 aliphatic heterocycles. The molecule has 0 aromatic carbocycles. The lowest BCUT2D eigenvalue weighted by atomic mass is 10.3. The van der Waals surface area contributed by atoms with Crippen molar-refractivity contribution < 1.29 is 4.79 Å². The molecule has 1 aliphatic rings. The van der Waals surface area contributed by atoms with E-state index in [1.165, 1.54) is 0 Å². The summed E-state index contributed by atoms with van der Waals surface area (Å²) in [4.78, 5) is 17.0. The summed E-state index contributed by atoms with van der Waals surface area (Å²) in [5, 5.41) is 6.33. The van der Waals surface area contributed by atoms with Gasteiger partial charge >= 0.3 is 0 Å². The first-order chi connectivity index (χ1) is 6.72. The standard InChI is InChI=1S/C8H8N4OS/c1-11-2-3-12-6(8(11)13)4-7(10-12)9-5-14/h4H,2-3H2,1H3. The predicted octanol–water partition coefficient (Wildman–Crippen LogP) is 0.703. The Hall–Kier alpha value is -1.52. The van der Waals surface area contributed by atoms with Crippen LogP contribution >= 0.6 is 12.2 Å². The maximum Gasteiger partial charge on any atom is 0.272 e. The lowest BCUT2D eigenvalue weighted by Crippen LogP contribution is -2.37. The third kappa shape index (κ3) is 1.34. The van der Waals surface area contributed by atoms with E-state index in [9.17, 15) is 4.79 Å². The molecule has 0 bridgehead atoms. The first-order valence-corrected chi connectivity index (χ1v) is 4.54. The lowest BCUT2D eigenvalue weighted by molar-refractivity contribution is 0.0743. The van der Waals surface area contributed by atoms with Crippen LogP contribution in [-0.4, -0.2) is 39.3 Å². The van der Waals surface area contributed by atoms with Crippen LogP contribution in [0.5, 0.6) is 0 Å². The van der Waals surface area contributed by atoms with Gasteiger partial charge in [0.2, 0.25) is 0 Å². The Balaban J connectivity index is 2.45. The van der Waals surface area contributed by atoms with Gasteiger partial charge in [-0.2, -0.15) is 10.1 Å². The summed E-state index contributed by atoms with van der Waals surface area (Å²) >= 11 is 4.47. The molecule has 0 atom stereocenters. The maximum atomic E-state index is 11.6. The summed E-state index contributed by atoms with van der Waals surface area (Å²) < 4.78 is 1.65. The number of likely N-dealkylation sites (N-methyl/N-ethyl adjacent to an activating group) is 1. The van der Waals surface area contributed by atoms with E-state index in [2.05, 4.69) is 27.5 Å². The van der Waals surface area contributed by atoms with E-state index in [0.29, 0.717) is 24.6 Å². The molecule has 6 heteroatoms. The monoisotopic (exact) mass is 208 g/mol. The number of isothiocyanates is 1. The van der Waals surface area contributed by atoms with E-state index < -0.39 is 0 Å². The molecular formula is C8H8N4OS. The van der Waals surface area contributed by atoms with E-state index >= 15 is 0 Å². The summed E-state index contributed by atoms with van der Waals surface area (Å²) in [5.74, 6) is 0.410. The fourth-order valence-electron chi connectivity index (χ4n) is 1.39. The number of carbonyl (C=O) groups excluding carboxylic acids is 1. The number of carbonyl (C=O) groups is 1. The van der Waals surface area contributed by atoms with Crippen LogP contribution in [0, 0.1) is 0 Å². The van der Waals surface area contributed by atoms with Gasteiger partial charge in [0.05, 0.1) is 11.7 Å². The van der Waals surface area contributed by atoms with Gasteiger partial charge in [0.25, 0.3) is 5.91 Å². The second-order valence-electron chi connectivity index (χ2n) is 3.04. The molecule has 0 unspecified atom stereocenters.